The molecular formula is C38H31FN2O6S. The van der Waals surface area contributed by atoms with E-state index in [4.69, 9.17) is 19.2 Å². The topological polar surface area (TPSA) is 96.2 Å². The van der Waals surface area contributed by atoms with E-state index in [2.05, 4.69) is 0 Å². The number of hydrogen-bond acceptors (Lipinski definition) is 8. The molecule has 5 aromatic rings. The minimum atomic E-state index is -0.889. The van der Waals surface area contributed by atoms with E-state index in [1.807, 2.05) is 66.7 Å². The number of benzene rings is 4. The van der Waals surface area contributed by atoms with E-state index in [0.717, 1.165) is 11.1 Å². The second kappa shape index (κ2) is 14.4. The zero-order valence-corrected chi connectivity index (χ0v) is 27.0. The molecule has 1 aromatic heterocycles. The summed E-state index contributed by atoms with van der Waals surface area (Å²) in [4.78, 5) is 44.7. The van der Waals surface area contributed by atoms with Gasteiger partial charge in [0.15, 0.2) is 4.80 Å². The Kier molecular flexibility index (Phi) is 9.73. The number of nitrogens with zero attached hydrogens (tertiary/aromatic N) is 2. The molecular weight excluding hydrogens is 631 g/mol. The predicted octanol–water partition coefficient (Wildman–Crippen LogP) is 5.83. The zero-order chi connectivity index (χ0) is 33.6. The standard InChI is InChI=1S/C38H31FN2O6S/c1-3-45-36(43)28-14-10-25(11-15-28)23-47-30-20-12-24(13-21-30)22-31-35(42)41-34(27-16-18-29(39)19-17-27)32(37(44)46-4-2)33(40-38(41)48-31)26-8-6-5-7-9-26/h5-22,34H,3-4,23H2,1-2H3/b31-22-/t34-/m0/s1. The Bertz CT molecular complexity index is 2150. The summed E-state index contributed by atoms with van der Waals surface area (Å²) in [6, 6.07) is 28.4. The van der Waals surface area contributed by atoms with Gasteiger partial charge >= 0.3 is 11.9 Å². The maximum Gasteiger partial charge on any atom is 0.338 e. The molecule has 8 nitrogen and oxygen atoms in total. The van der Waals surface area contributed by atoms with E-state index in [-0.39, 0.29) is 23.7 Å². The lowest BCUT2D eigenvalue weighted by atomic mass is 9.93. The van der Waals surface area contributed by atoms with E-state index >= 15 is 0 Å². The van der Waals surface area contributed by atoms with Crippen molar-refractivity contribution in [3.63, 3.8) is 0 Å². The van der Waals surface area contributed by atoms with Gasteiger partial charge in [0.05, 0.1) is 40.6 Å². The van der Waals surface area contributed by atoms with Gasteiger partial charge in [-0.2, -0.15) is 0 Å². The fraction of sp³-hybridized carbons (Fsp3) is 0.158. The molecule has 0 radical (unpaired) electrons. The first kappa shape index (κ1) is 32.3. The van der Waals surface area contributed by atoms with Crippen LogP contribution in [0.2, 0.25) is 0 Å². The Balaban J connectivity index is 1.34. The number of hydrogen-bond donors (Lipinski definition) is 0. The number of thiazole rings is 1. The van der Waals surface area contributed by atoms with Gasteiger partial charge in [-0.3, -0.25) is 9.36 Å². The molecule has 0 unspecified atom stereocenters. The van der Waals surface area contributed by atoms with Crippen LogP contribution < -0.4 is 19.6 Å². The number of aromatic nitrogens is 1. The molecule has 10 heteroatoms. The summed E-state index contributed by atoms with van der Waals surface area (Å²) in [5, 5.41) is 0. The number of esters is 2. The van der Waals surface area contributed by atoms with Crippen molar-refractivity contribution in [1.29, 1.82) is 0 Å². The molecule has 0 saturated heterocycles. The zero-order valence-electron chi connectivity index (χ0n) is 26.2. The summed E-state index contributed by atoms with van der Waals surface area (Å²) in [6.45, 7) is 4.22. The third kappa shape index (κ3) is 6.89. The molecule has 0 amide bonds. The van der Waals surface area contributed by atoms with Crippen molar-refractivity contribution in [2.24, 2.45) is 4.99 Å². The molecule has 1 aliphatic heterocycles. The first-order chi connectivity index (χ1) is 23.4. The number of ether oxygens (including phenoxy) is 3. The molecule has 0 saturated carbocycles. The normalized spacial score (nSPS) is 14.2. The van der Waals surface area contributed by atoms with Gasteiger partial charge in [-0.25, -0.2) is 19.0 Å². The van der Waals surface area contributed by atoms with Gasteiger partial charge < -0.3 is 14.2 Å². The maximum atomic E-state index is 14.0. The van der Waals surface area contributed by atoms with Crippen molar-refractivity contribution in [3.8, 4) is 5.75 Å². The van der Waals surface area contributed by atoms with Crippen LogP contribution in [0.25, 0.3) is 11.8 Å². The number of halogens is 1. The molecule has 6 rings (SSSR count). The van der Waals surface area contributed by atoms with Gasteiger partial charge in [0, 0.05) is 5.56 Å². The molecule has 0 fully saturated rings. The number of rotatable bonds is 10. The van der Waals surface area contributed by atoms with Gasteiger partial charge in [0.25, 0.3) is 5.56 Å². The minimum absolute atomic E-state index is 0.131. The Morgan fingerprint density at radius 3 is 2.19 bits per heavy atom. The van der Waals surface area contributed by atoms with E-state index in [9.17, 15) is 18.8 Å². The molecule has 0 spiro atoms. The highest BCUT2D eigenvalue weighted by atomic mass is 32.1. The third-order valence-electron chi connectivity index (χ3n) is 7.61. The average Bonchev–Trinajstić information content (AvgIpc) is 3.42. The van der Waals surface area contributed by atoms with Gasteiger partial charge in [-0.1, -0.05) is 78.1 Å². The fourth-order valence-electron chi connectivity index (χ4n) is 5.33. The lowest BCUT2D eigenvalue weighted by molar-refractivity contribution is -0.138. The second-order valence-electron chi connectivity index (χ2n) is 10.8. The summed E-state index contributed by atoms with van der Waals surface area (Å²) >= 11 is 1.21. The van der Waals surface area contributed by atoms with Crippen molar-refractivity contribution in [2.45, 2.75) is 26.5 Å². The lowest BCUT2D eigenvalue weighted by Crippen LogP contribution is -2.40. The first-order valence-corrected chi connectivity index (χ1v) is 16.2. The molecule has 2 heterocycles. The van der Waals surface area contributed by atoms with E-state index < -0.39 is 17.8 Å². The molecule has 4 aromatic carbocycles. The lowest BCUT2D eigenvalue weighted by Gasteiger charge is -2.25. The highest BCUT2D eigenvalue weighted by Gasteiger charge is 2.35. The molecule has 0 aliphatic carbocycles. The highest BCUT2D eigenvalue weighted by molar-refractivity contribution is 7.07. The quantitative estimate of drug-likeness (QED) is 0.175. The monoisotopic (exact) mass is 662 g/mol. The number of carbonyl (C=O) groups is 2. The van der Waals surface area contributed by atoms with Gasteiger partial charge in [-0.05, 0) is 73.0 Å². The van der Waals surface area contributed by atoms with Crippen LogP contribution in [0.1, 0.15) is 52.5 Å². The van der Waals surface area contributed by atoms with Crippen LogP contribution in [-0.4, -0.2) is 29.7 Å². The van der Waals surface area contributed by atoms with Crippen molar-refractivity contribution in [1.82, 2.24) is 4.57 Å². The Labute approximate surface area is 279 Å². The third-order valence-corrected chi connectivity index (χ3v) is 8.59. The summed E-state index contributed by atoms with van der Waals surface area (Å²) in [5.41, 5.74) is 3.63. The Morgan fingerprint density at radius 1 is 0.854 bits per heavy atom. The van der Waals surface area contributed by atoms with Gasteiger partial charge in [0.1, 0.15) is 18.2 Å². The summed E-state index contributed by atoms with van der Waals surface area (Å²) in [6.07, 6.45) is 1.76. The Morgan fingerprint density at radius 2 is 1.52 bits per heavy atom. The predicted molar refractivity (Wildman–Crippen MR) is 181 cm³/mol. The highest BCUT2D eigenvalue weighted by Crippen LogP contribution is 2.35. The number of fused-ring (bicyclic) bond motifs is 1. The molecule has 48 heavy (non-hydrogen) atoms. The van der Waals surface area contributed by atoms with Crippen molar-refractivity contribution >= 4 is 35.0 Å². The molecule has 0 N–H and O–H groups in total. The van der Waals surface area contributed by atoms with E-state index in [1.54, 1.807) is 44.2 Å². The van der Waals surface area contributed by atoms with Gasteiger partial charge in [0.2, 0.25) is 0 Å². The Hall–Kier alpha value is -5.61. The van der Waals surface area contributed by atoms with Crippen LogP contribution in [0.15, 0.2) is 118 Å². The van der Waals surface area contributed by atoms with E-state index in [0.29, 0.717) is 50.7 Å². The van der Waals surface area contributed by atoms with E-state index in [1.165, 1.54) is 28.0 Å². The van der Waals surface area contributed by atoms with Crippen LogP contribution in [0.4, 0.5) is 4.39 Å². The second-order valence-corrected chi connectivity index (χ2v) is 11.8. The van der Waals surface area contributed by atoms with Crippen LogP contribution >= 0.6 is 11.3 Å². The largest absolute Gasteiger partial charge is 0.489 e. The molecule has 1 aliphatic rings. The number of carbonyl (C=O) groups excluding carboxylic acids is 2. The van der Waals surface area contributed by atoms with Crippen LogP contribution in [-0.2, 0) is 20.9 Å². The fourth-order valence-corrected chi connectivity index (χ4v) is 6.33. The molecule has 0 bridgehead atoms. The van der Waals surface area contributed by atoms with Crippen molar-refractivity contribution in [3.05, 3.63) is 162 Å². The van der Waals surface area contributed by atoms with Crippen LogP contribution in [0, 0.1) is 5.82 Å². The minimum Gasteiger partial charge on any atom is -0.489 e. The van der Waals surface area contributed by atoms with Crippen LogP contribution in [0.3, 0.4) is 0 Å². The maximum absolute atomic E-state index is 14.0. The molecule has 1 atom stereocenters. The average molecular weight is 663 g/mol. The van der Waals surface area contributed by atoms with Crippen molar-refractivity contribution in [2.75, 3.05) is 13.2 Å². The van der Waals surface area contributed by atoms with Crippen molar-refractivity contribution < 1.29 is 28.2 Å². The van der Waals surface area contributed by atoms with Gasteiger partial charge in [-0.15, -0.1) is 0 Å². The first-order valence-electron chi connectivity index (χ1n) is 15.4. The summed E-state index contributed by atoms with van der Waals surface area (Å²) < 4.78 is 32.3. The SMILES string of the molecule is CCOC(=O)C1=C(c2ccccc2)N=c2s/c(=C\c3ccc(OCc4ccc(C(=O)OCC)cc4)cc3)c(=O)n2[C@H]1c1ccc(F)cc1. The summed E-state index contributed by atoms with van der Waals surface area (Å²) in [7, 11) is 0. The smallest absolute Gasteiger partial charge is 0.338 e. The summed E-state index contributed by atoms with van der Waals surface area (Å²) in [5.74, 6) is -0.773. The molecule has 242 valence electrons. The van der Waals surface area contributed by atoms with Crippen LogP contribution in [0.5, 0.6) is 5.75 Å².